The van der Waals surface area contributed by atoms with E-state index >= 15 is 0 Å². The van der Waals surface area contributed by atoms with Crippen molar-refractivity contribution in [2.24, 2.45) is 11.3 Å². The highest BCUT2D eigenvalue weighted by Gasteiger charge is 2.37. The van der Waals surface area contributed by atoms with E-state index in [1.165, 1.54) is 0 Å². The number of rotatable bonds is 2. The van der Waals surface area contributed by atoms with Crippen molar-refractivity contribution in [3.05, 3.63) is 0 Å². The van der Waals surface area contributed by atoms with Crippen molar-refractivity contribution in [3.63, 3.8) is 0 Å². The summed E-state index contributed by atoms with van der Waals surface area (Å²) in [7, 11) is 3.86. The molecule has 1 saturated heterocycles. The molecule has 0 spiro atoms. The van der Waals surface area contributed by atoms with Gasteiger partial charge in [0, 0.05) is 12.5 Å². The summed E-state index contributed by atoms with van der Waals surface area (Å²) in [5.74, 6) is 0.700. The predicted molar refractivity (Wildman–Crippen MR) is 58.1 cm³/mol. The topological polar surface area (TPSA) is 32.3 Å². The summed E-state index contributed by atoms with van der Waals surface area (Å²) in [5, 5.41) is 2.76. The smallest absolute Gasteiger partial charge is 0.225 e. The lowest BCUT2D eigenvalue weighted by Crippen LogP contribution is -2.44. The van der Waals surface area contributed by atoms with Gasteiger partial charge < -0.3 is 10.2 Å². The molecule has 3 nitrogen and oxygen atoms in total. The van der Waals surface area contributed by atoms with Crippen LogP contribution < -0.4 is 5.32 Å². The molecular formula is C11H22N2O. The first-order chi connectivity index (χ1) is 6.48. The summed E-state index contributed by atoms with van der Waals surface area (Å²) < 4.78 is 0. The third-order valence-corrected chi connectivity index (χ3v) is 3.55. The number of hydrogen-bond donors (Lipinski definition) is 1. The zero-order valence-electron chi connectivity index (χ0n) is 9.76. The number of carbonyl (C=O) groups excluding carboxylic acids is 1. The van der Waals surface area contributed by atoms with Crippen LogP contribution in [0.1, 0.15) is 26.7 Å². The fourth-order valence-electron chi connectivity index (χ4n) is 2.24. The Morgan fingerprint density at radius 1 is 1.36 bits per heavy atom. The van der Waals surface area contributed by atoms with Crippen LogP contribution in [0.3, 0.4) is 0 Å². The Morgan fingerprint density at radius 3 is 2.29 bits per heavy atom. The molecule has 3 heteroatoms. The molecule has 1 rings (SSSR count). The van der Waals surface area contributed by atoms with Gasteiger partial charge in [0.1, 0.15) is 0 Å². The Hall–Kier alpha value is -0.570. The van der Waals surface area contributed by atoms with E-state index in [1.807, 2.05) is 0 Å². The maximum absolute atomic E-state index is 11.7. The fourth-order valence-corrected chi connectivity index (χ4v) is 2.24. The minimum absolute atomic E-state index is 0.173. The summed E-state index contributed by atoms with van der Waals surface area (Å²) in [4.78, 5) is 14.0. The van der Waals surface area contributed by atoms with Gasteiger partial charge in [0.15, 0.2) is 0 Å². The van der Waals surface area contributed by atoms with Gasteiger partial charge in [-0.15, -0.1) is 0 Å². The largest absolute Gasteiger partial charge is 0.359 e. The van der Waals surface area contributed by atoms with E-state index in [-0.39, 0.29) is 11.3 Å². The van der Waals surface area contributed by atoms with Gasteiger partial charge in [0.2, 0.25) is 5.91 Å². The number of carbonyl (C=O) groups is 1. The fraction of sp³-hybridized carbons (Fsp3) is 0.909. The number of nitrogens with one attached hydrogen (secondary N) is 1. The van der Waals surface area contributed by atoms with Crippen molar-refractivity contribution in [2.45, 2.75) is 26.7 Å². The average Bonchev–Trinajstić information content (AvgIpc) is 2.17. The van der Waals surface area contributed by atoms with E-state index in [0.29, 0.717) is 5.92 Å². The molecule has 0 aromatic heterocycles. The van der Waals surface area contributed by atoms with Crippen LogP contribution >= 0.6 is 0 Å². The molecule has 0 radical (unpaired) electrons. The van der Waals surface area contributed by atoms with Gasteiger partial charge in [-0.1, -0.05) is 13.8 Å². The summed E-state index contributed by atoms with van der Waals surface area (Å²) in [6.45, 7) is 6.35. The van der Waals surface area contributed by atoms with E-state index in [0.717, 1.165) is 25.9 Å². The molecule has 1 fully saturated rings. The molecule has 1 amide bonds. The van der Waals surface area contributed by atoms with Crippen molar-refractivity contribution >= 4 is 5.91 Å². The highest BCUT2D eigenvalue weighted by molar-refractivity contribution is 5.81. The van der Waals surface area contributed by atoms with Crippen molar-refractivity contribution in [1.29, 1.82) is 0 Å². The third-order valence-electron chi connectivity index (χ3n) is 3.55. The molecule has 14 heavy (non-hydrogen) atoms. The molecule has 0 aliphatic carbocycles. The summed E-state index contributed by atoms with van der Waals surface area (Å²) in [6.07, 6.45) is 2.27. The second-order valence-corrected chi connectivity index (χ2v) is 4.88. The monoisotopic (exact) mass is 198 g/mol. The van der Waals surface area contributed by atoms with E-state index in [9.17, 15) is 4.79 Å². The third kappa shape index (κ3) is 2.27. The maximum Gasteiger partial charge on any atom is 0.225 e. The zero-order valence-corrected chi connectivity index (χ0v) is 9.76. The van der Waals surface area contributed by atoms with Crippen molar-refractivity contribution in [1.82, 2.24) is 10.2 Å². The number of nitrogens with zero attached hydrogens (tertiary/aromatic N) is 1. The van der Waals surface area contributed by atoms with Gasteiger partial charge in [-0.05, 0) is 38.9 Å². The molecule has 1 aliphatic rings. The van der Waals surface area contributed by atoms with E-state index in [2.05, 4.69) is 31.1 Å². The standard InChI is InChI=1S/C11H22N2O/c1-11(2,10(14)12-3)9-5-7-13(4)8-6-9/h9H,5-8H2,1-4H3,(H,12,14). The molecule has 0 aromatic carbocycles. The van der Waals surface area contributed by atoms with Crippen LogP contribution in [0, 0.1) is 11.3 Å². The van der Waals surface area contributed by atoms with Gasteiger partial charge in [-0.25, -0.2) is 0 Å². The molecular weight excluding hydrogens is 176 g/mol. The van der Waals surface area contributed by atoms with E-state index < -0.39 is 0 Å². The van der Waals surface area contributed by atoms with Crippen molar-refractivity contribution in [2.75, 3.05) is 27.2 Å². The van der Waals surface area contributed by atoms with Crippen molar-refractivity contribution in [3.8, 4) is 0 Å². The number of piperidine rings is 1. The van der Waals surface area contributed by atoms with Crippen LogP contribution in [0.25, 0.3) is 0 Å². The Labute approximate surface area is 86.9 Å². The Kier molecular flexibility index (Phi) is 3.53. The molecule has 1 heterocycles. The second kappa shape index (κ2) is 4.30. The quantitative estimate of drug-likeness (QED) is 0.720. The SMILES string of the molecule is CNC(=O)C(C)(C)C1CCN(C)CC1. The van der Waals surface area contributed by atoms with Crippen LogP contribution in [-0.2, 0) is 4.79 Å². The van der Waals surface area contributed by atoms with Crippen LogP contribution in [-0.4, -0.2) is 38.0 Å². The highest BCUT2D eigenvalue weighted by Crippen LogP contribution is 2.34. The minimum Gasteiger partial charge on any atom is -0.359 e. The molecule has 82 valence electrons. The number of hydrogen-bond acceptors (Lipinski definition) is 2. The Morgan fingerprint density at radius 2 is 1.86 bits per heavy atom. The zero-order chi connectivity index (χ0) is 10.8. The van der Waals surface area contributed by atoms with E-state index in [4.69, 9.17) is 0 Å². The first kappa shape index (κ1) is 11.5. The highest BCUT2D eigenvalue weighted by atomic mass is 16.2. The van der Waals surface area contributed by atoms with Gasteiger partial charge in [-0.2, -0.15) is 0 Å². The van der Waals surface area contributed by atoms with Crippen LogP contribution in [0.15, 0.2) is 0 Å². The predicted octanol–water partition coefficient (Wildman–Crippen LogP) is 1.10. The molecule has 1 aliphatic heterocycles. The second-order valence-electron chi connectivity index (χ2n) is 4.88. The van der Waals surface area contributed by atoms with Gasteiger partial charge in [0.25, 0.3) is 0 Å². The molecule has 0 unspecified atom stereocenters. The van der Waals surface area contributed by atoms with Gasteiger partial charge in [-0.3, -0.25) is 4.79 Å². The normalized spacial score (nSPS) is 20.9. The summed E-state index contributed by atoms with van der Waals surface area (Å²) in [6, 6.07) is 0. The maximum atomic E-state index is 11.7. The van der Waals surface area contributed by atoms with Crippen LogP contribution in [0.5, 0.6) is 0 Å². The van der Waals surface area contributed by atoms with Crippen LogP contribution in [0.2, 0.25) is 0 Å². The summed E-state index contributed by atoms with van der Waals surface area (Å²) in [5.41, 5.74) is -0.212. The van der Waals surface area contributed by atoms with Gasteiger partial charge in [0.05, 0.1) is 0 Å². The lowest BCUT2D eigenvalue weighted by molar-refractivity contribution is -0.132. The van der Waals surface area contributed by atoms with Gasteiger partial charge >= 0.3 is 0 Å². The first-order valence-electron chi connectivity index (χ1n) is 5.39. The van der Waals surface area contributed by atoms with Crippen molar-refractivity contribution < 1.29 is 4.79 Å². The molecule has 0 bridgehead atoms. The Balaban J connectivity index is 2.59. The van der Waals surface area contributed by atoms with E-state index in [1.54, 1.807) is 7.05 Å². The minimum atomic E-state index is -0.212. The summed E-state index contributed by atoms with van der Waals surface area (Å²) >= 11 is 0. The number of amides is 1. The van der Waals surface area contributed by atoms with Crippen LogP contribution in [0.4, 0.5) is 0 Å². The Bertz CT molecular complexity index is 205. The number of likely N-dealkylation sites (tertiary alicyclic amines) is 1. The lowest BCUT2D eigenvalue weighted by atomic mass is 9.73. The molecule has 0 aromatic rings. The molecule has 1 N–H and O–H groups in total. The lowest BCUT2D eigenvalue weighted by Gasteiger charge is -2.38. The molecule has 0 saturated carbocycles. The average molecular weight is 198 g/mol. The molecule has 0 atom stereocenters. The first-order valence-corrected chi connectivity index (χ1v) is 5.39.